The van der Waals surface area contributed by atoms with Crippen LogP contribution in [0.1, 0.15) is 39.5 Å². The van der Waals surface area contributed by atoms with Gasteiger partial charge in [0.15, 0.2) is 0 Å². The molecule has 0 saturated carbocycles. The summed E-state index contributed by atoms with van der Waals surface area (Å²) in [5.74, 6) is -1.34. The molecule has 1 N–H and O–H groups in total. The van der Waals surface area contributed by atoms with Crippen LogP contribution in [0, 0.1) is 0 Å². The van der Waals surface area contributed by atoms with Crippen molar-refractivity contribution in [3.05, 3.63) is 0 Å². The number of carbonyl (C=O) groups is 3. The number of amides is 2. The Bertz CT molecular complexity index is 423. The van der Waals surface area contributed by atoms with E-state index in [4.69, 9.17) is 0 Å². The Hall–Kier alpha value is -1.43. The van der Waals surface area contributed by atoms with E-state index in [-0.39, 0.29) is 18.2 Å². The molecular weight excluding hydrogens is 248 g/mol. The number of aliphatic carboxylic acids is 1. The van der Waals surface area contributed by atoms with E-state index in [0.717, 1.165) is 12.8 Å². The molecule has 0 spiro atoms. The van der Waals surface area contributed by atoms with Crippen LogP contribution >= 0.6 is 0 Å². The number of nitrogens with zero attached hydrogens (tertiary/aromatic N) is 2. The largest absolute Gasteiger partial charge is 0.480 e. The van der Waals surface area contributed by atoms with Gasteiger partial charge in [0, 0.05) is 13.1 Å². The molecule has 106 valence electrons. The van der Waals surface area contributed by atoms with Crippen LogP contribution in [0.2, 0.25) is 0 Å². The van der Waals surface area contributed by atoms with Gasteiger partial charge in [0.2, 0.25) is 11.8 Å². The van der Waals surface area contributed by atoms with Gasteiger partial charge in [-0.05, 0) is 26.2 Å². The zero-order valence-electron chi connectivity index (χ0n) is 11.4. The van der Waals surface area contributed by atoms with Gasteiger partial charge < -0.3 is 5.11 Å². The molecule has 0 aromatic heterocycles. The zero-order valence-corrected chi connectivity index (χ0v) is 11.4. The number of hydrogen-bond donors (Lipinski definition) is 1. The fraction of sp³-hybridized carbons (Fsp3) is 0.769. The topological polar surface area (TPSA) is 77.9 Å². The van der Waals surface area contributed by atoms with Gasteiger partial charge in [-0.1, -0.05) is 6.92 Å². The maximum Gasteiger partial charge on any atom is 0.323 e. The van der Waals surface area contributed by atoms with E-state index in [9.17, 15) is 19.5 Å². The lowest BCUT2D eigenvalue weighted by molar-refractivity contribution is -0.151. The highest BCUT2D eigenvalue weighted by Crippen LogP contribution is 2.34. The van der Waals surface area contributed by atoms with Crippen LogP contribution in [0.3, 0.4) is 0 Å². The van der Waals surface area contributed by atoms with Crippen molar-refractivity contribution in [2.75, 3.05) is 13.1 Å². The second kappa shape index (κ2) is 4.92. The van der Waals surface area contributed by atoms with E-state index in [1.54, 1.807) is 11.8 Å². The Labute approximate surface area is 112 Å². The van der Waals surface area contributed by atoms with E-state index in [1.807, 2.05) is 6.92 Å². The van der Waals surface area contributed by atoms with Crippen LogP contribution in [0.4, 0.5) is 0 Å². The fourth-order valence-electron chi connectivity index (χ4n) is 3.08. The summed E-state index contributed by atoms with van der Waals surface area (Å²) in [6.07, 6.45) is 2.10. The predicted molar refractivity (Wildman–Crippen MR) is 67.4 cm³/mol. The van der Waals surface area contributed by atoms with E-state index >= 15 is 0 Å². The second-order valence-electron chi connectivity index (χ2n) is 5.48. The lowest BCUT2D eigenvalue weighted by atomic mass is 9.97. The third kappa shape index (κ3) is 2.14. The SMILES string of the molecule is CCCN1C(=O)CC(N2CCCC2(C)C(=O)O)C1=O. The third-order valence-corrected chi connectivity index (χ3v) is 4.20. The predicted octanol–water partition coefficient (Wildman–Crippen LogP) is 0.463. The Morgan fingerprint density at radius 1 is 1.47 bits per heavy atom. The highest BCUT2D eigenvalue weighted by Gasteiger charge is 2.52. The summed E-state index contributed by atoms with van der Waals surface area (Å²) in [6, 6.07) is -0.595. The zero-order chi connectivity index (χ0) is 14.2. The summed E-state index contributed by atoms with van der Waals surface area (Å²) in [6.45, 7) is 4.53. The molecule has 6 nitrogen and oxygen atoms in total. The molecule has 2 aliphatic heterocycles. The van der Waals surface area contributed by atoms with Crippen molar-refractivity contribution in [2.24, 2.45) is 0 Å². The molecule has 2 aliphatic rings. The Balaban J connectivity index is 2.21. The number of hydrogen-bond acceptors (Lipinski definition) is 4. The maximum atomic E-state index is 12.3. The van der Waals surface area contributed by atoms with Crippen LogP contribution in [-0.4, -0.2) is 57.4 Å². The monoisotopic (exact) mass is 268 g/mol. The molecular formula is C13H20N2O4. The van der Waals surface area contributed by atoms with Crippen molar-refractivity contribution < 1.29 is 19.5 Å². The maximum absolute atomic E-state index is 12.3. The minimum atomic E-state index is -1.02. The van der Waals surface area contributed by atoms with Crippen LogP contribution in [0.15, 0.2) is 0 Å². The van der Waals surface area contributed by atoms with Gasteiger partial charge in [0.1, 0.15) is 5.54 Å². The Kier molecular flexibility index (Phi) is 3.62. The molecule has 2 unspecified atom stereocenters. The molecule has 2 fully saturated rings. The normalized spacial score (nSPS) is 32.3. The highest BCUT2D eigenvalue weighted by molar-refractivity contribution is 6.05. The van der Waals surface area contributed by atoms with Gasteiger partial charge >= 0.3 is 5.97 Å². The van der Waals surface area contributed by atoms with Gasteiger partial charge in [0.25, 0.3) is 0 Å². The van der Waals surface area contributed by atoms with E-state index in [0.29, 0.717) is 19.5 Å². The summed E-state index contributed by atoms with van der Waals surface area (Å²) >= 11 is 0. The van der Waals surface area contributed by atoms with Gasteiger partial charge in [-0.3, -0.25) is 24.2 Å². The van der Waals surface area contributed by atoms with Crippen LogP contribution in [0.5, 0.6) is 0 Å². The Morgan fingerprint density at radius 2 is 2.16 bits per heavy atom. The minimum absolute atomic E-state index is 0.113. The fourth-order valence-corrected chi connectivity index (χ4v) is 3.08. The molecule has 0 aromatic rings. The first kappa shape index (κ1) is 14.0. The first-order valence-corrected chi connectivity index (χ1v) is 6.76. The summed E-state index contributed by atoms with van der Waals surface area (Å²) < 4.78 is 0. The summed E-state index contributed by atoms with van der Waals surface area (Å²) in [4.78, 5) is 38.5. The summed E-state index contributed by atoms with van der Waals surface area (Å²) in [5.41, 5.74) is -1.02. The van der Waals surface area contributed by atoms with Crippen molar-refractivity contribution in [2.45, 2.75) is 51.1 Å². The van der Waals surface area contributed by atoms with E-state index in [2.05, 4.69) is 0 Å². The number of rotatable bonds is 4. The number of carbonyl (C=O) groups excluding carboxylic acids is 2. The lowest BCUT2D eigenvalue weighted by Crippen LogP contribution is -2.54. The van der Waals surface area contributed by atoms with Crippen molar-refractivity contribution in [3.63, 3.8) is 0 Å². The highest BCUT2D eigenvalue weighted by atomic mass is 16.4. The van der Waals surface area contributed by atoms with Gasteiger partial charge in [-0.25, -0.2) is 0 Å². The van der Waals surface area contributed by atoms with Crippen molar-refractivity contribution in [3.8, 4) is 0 Å². The number of carboxylic acids is 1. The molecule has 2 atom stereocenters. The van der Waals surface area contributed by atoms with Crippen molar-refractivity contribution in [1.82, 2.24) is 9.80 Å². The van der Waals surface area contributed by atoms with Crippen molar-refractivity contribution in [1.29, 1.82) is 0 Å². The molecule has 19 heavy (non-hydrogen) atoms. The van der Waals surface area contributed by atoms with Crippen LogP contribution in [-0.2, 0) is 14.4 Å². The quantitative estimate of drug-likeness (QED) is 0.750. The average molecular weight is 268 g/mol. The number of carboxylic acid groups (broad SMARTS) is 1. The molecule has 6 heteroatoms. The summed E-state index contributed by atoms with van der Waals surface area (Å²) in [5, 5.41) is 9.37. The third-order valence-electron chi connectivity index (χ3n) is 4.20. The molecule has 0 aromatic carbocycles. The van der Waals surface area contributed by atoms with E-state index < -0.39 is 17.6 Å². The van der Waals surface area contributed by atoms with Crippen molar-refractivity contribution >= 4 is 17.8 Å². The first-order chi connectivity index (χ1) is 8.91. The first-order valence-electron chi connectivity index (χ1n) is 6.76. The molecule has 2 saturated heterocycles. The summed E-state index contributed by atoms with van der Waals surface area (Å²) in [7, 11) is 0. The Morgan fingerprint density at radius 3 is 2.74 bits per heavy atom. The molecule has 0 radical (unpaired) electrons. The molecule has 0 aliphatic carbocycles. The number of imide groups is 1. The van der Waals surface area contributed by atoms with E-state index in [1.165, 1.54) is 4.90 Å². The molecule has 2 amide bonds. The minimum Gasteiger partial charge on any atom is -0.480 e. The lowest BCUT2D eigenvalue weighted by Gasteiger charge is -2.34. The second-order valence-corrected chi connectivity index (χ2v) is 5.48. The standard InChI is InChI=1S/C13H20N2O4/c1-3-6-14-10(16)8-9(11(14)17)15-7-4-5-13(15,2)12(18)19/h9H,3-8H2,1-2H3,(H,18,19). The van der Waals surface area contributed by atoms with Gasteiger partial charge in [-0.15, -0.1) is 0 Å². The number of likely N-dealkylation sites (tertiary alicyclic amines) is 2. The smallest absolute Gasteiger partial charge is 0.323 e. The van der Waals surface area contributed by atoms with Gasteiger partial charge in [0.05, 0.1) is 12.5 Å². The van der Waals surface area contributed by atoms with Crippen LogP contribution in [0.25, 0.3) is 0 Å². The average Bonchev–Trinajstić information content (AvgIpc) is 2.86. The molecule has 2 rings (SSSR count). The molecule has 2 heterocycles. The van der Waals surface area contributed by atoms with Gasteiger partial charge in [-0.2, -0.15) is 0 Å². The van der Waals surface area contributed by atoms with Crippen LogP contribution < -0.4 is 0 Å². The molecule has 0 bridgehead atoms.